The molecule has 3 amide bonds. The summed E-state index contributed by atoms with van der Waals surface area (Å²) in [5.74, 6) is -0.284. The number of hydrogen-bond donors (Lipinski definition) is 1. The molecule has 2 heterocycles. The molecule has 0 spiro atoms. The van der Waals surface area contributed by atoms with E-state index in [1.165, 1.54) is 11.3 Å². The summed E-state index contributed by atoms with van der Waals surface area (Å²) in [6.45, 7) is 1.87. The van der Waals surface area contributed by atoms with Gasteiger partial charge in [-0.3, -0.25) is 4.79 Å². The third kappa shape index (κ3) is 2.09. The van der Waals surface area contributed by atoms with E-state index in [9.17, 15) is 9.59 Å². The minimum absolute atomic E-state index is 0.284. The van der Waals surface area contributed by atoms with E-state index in [4.69, 9.17) is 11.6 Å². The van der Waals surface area contributed by atoms with Crippen molar-refractivity contribution in [2.75, 3.05) is 4.90 Å². The molecule has 1 aromatic carbocycles. The number of halogens is 1. The van der Waals surface area contributed by atoms with Crippen molar-refractivity contribution in [1.82, 2.24) is 5.32 Å². The molecular formula is C14H11ClN2O2S. The molecule has 1 saturated heterocycles. The Morgan fingerprint density at radius 2 is 2.10 bits per heavy atom. The van der Waals surface area contributed by atoms with Crippen molar-refractivity contribution < 1.29 is 9.59 Å². The van der Waals surface area contributed by atoms with Gasteiger partial charge in [-0.15, -0.1) is 0 Å². The quantitative estimate of drug-likeness (QED) is 0.863. The highest BCUT2D eigenvalue weighted by molar-refractivity contribution is 7.08. The highest BCUT2D eigenvalue weighted by Crippen LogP contribution is 2.30. The van der Waals surface area contributed by atoms with Crippen molar-refractivity contribution in [1.29, 1.82) is 0 Å². The van der Waals surface area contributed by atoms with Crippen LogP contribution < -0.4 is 10.2 Å². The third-order valence-corrected chi connectivity index (χ3v) is 4.34. The van der Waals surface area contributed by atoms with E-state index < -0.39 is 12.1 Å². The lowest BCUT2D eigenvalue weighted by Crippen LogP contribution is -2.30. The van der Waals surface area contributed by atoms with Crippen molar-refractivity contribution in [3.05, 3.63) is 51.2 Å². The second-order valence-electron chi connectivity index (χ2n) is 4.55. The second-order valence-corrected chi connectivity index (χ2v) is 5.73. The normalized spacial score (nSPS) is 18.5. The maximum absolute atomic E-state index is 12.4. The molecule has 1 fully saturated rings. The summed E-state index contributed by atoms with van der Waals surface area (Å²) in [5.41, 5.74) is 2.19. The molecule has 0 aliphatic carbocycles. The van der Waals surface area contributed by atoms with Gasteiger partial charge in [-0.25, -0.2) is 9.69 Å². The minimum atomic E-state index is -0.617. The highest BCUT2D eigenvalue weighted by Gasteiger charge is 2.40. The van der Waals surface area contributed by atoms with Crippen LogP contribution in [0.2, 0.25) is 5.02 Å². The molecule has 102 valence electrons. The van der Waals surface area contributed by atoms with Gasteiger partial charge in [-0.2, -0.15) is 11.3 Å². The fraction of sp³-hybridized carbons (Fsp3) is 0.143. The zero-order chi connectivity index (χ0) is 14.3. The predicted molar refractivity (Wildman–Crippen MR) is 79.3 cm³/mol. The average Bonchev–Trinajstić information content (AvgIpc) is 3.02. The molecule has 1 atom stereocenters. The van der Waals surface area contributed by atoms with E-state index in [2.05, 4.69) is 5.32 Å². The van der Waals surface area contributed by atoms with Crippen molar-refractivity contribution in [2.24, 2.45) is 0 Å². The Bertz CT molecular complexity index is 684. The van der Waals surface area contributed by atoms with Crippen LogP contribution in [0.1, 0.15) is 17.2 Å². The lowest BCUT2D eigenvalue weighted by molar-refractivity contribution is -0.118. The zero-order valence-corrected chi connectivity index (χ0v) is 12.2. The number of aryl methyl sites for hydroxylation is 1. The van der Waals surface area contributed by atoms with Crippen molar-refractivity contribution in [3.8, 4) is 0 Å². The number of carbonyl (C=O) groups is 2. The van der Waals surface area contributed by atoms with Crippen LogP contribution in [-0.2, 0) is 4.79 Å². The topological polar surface area (TPSA) is 49.4 Å². The Morgan fingerprint density at radius 1 is 1.30 bits per heavy atom. The van der Waals surface area contributed by atoms with E-state index >= 15 is 0 Å². The van der Waals surface area contributed by atoms with Gasteiger partial charge in [0.2, 0.25) is 0 Å². The molecule has 1 N–H and O–H groups in total. The number of benzene rings is 1. The molecule has 6 heteroatoms. The van der Waals surface area contributed by atoms with Crippen LogP contribution in [0.4, 0.5) is 10.5 Å². The molecule has 4 nitrogen and oxygen atoms in total. The molecule has 1 aliphatic heterocycles. The van der Waals surface area contributed by atoms with Gasteiger partial charge >= 0.3 is 6.03 Å². The Labute approximate surface area is 125 Å². The Balaban J connectivity index is 1.96. The Morgan fingerprint density at radius 3 is 2.75 bits per heavy atom. The van der Waals surface area contributed by atoms with Crippen LogP contribution in [-0.4, -0.2) is 11.9 Å². The van der Waals surface area contributed by atoms with Gasteiger partial charge < -0.3 is 5.32 Å². The maximum atomic E-state index is 12.4. The number of hydrogen-bond acceptors (Lipinski definition) is 3. The number of anilines is 1. The fourth-order valence-corrected chi connectivity index (χ4v) is 2.97. The second kappa shape index (κ2) is 4.92. The molecule has 1 aromatic heterocycles. The van der Waals surface area contributed by atoms with Crippen molar-refractivity contribution >= 4 is 40.6 Å². The summed E-state index contributed by atoms with van der Waals surface area (Å²) in [4.78, 5) is 25.6. The molecule has 0 saturated carbocycles. The van der Waals surface area contributed by atoms with Gasteiger partial charge in [-0.1, -0.05) is 17.7 Å². The third-order valence-electron chi connectivity index (χ3n) is 3.23. The van der Waals surface area contributed by atoms with Gasteiger partial charge in [-0.05, 0) is 47.0 Å². The monoisotopic (exact) mass is 306 g/mol. The summed E-state index contributed by atoms with van der Waals surface area (Å²) in [5, 5.41) is 6.95. The number of nitrogens with one attached hydrogen (secondary N) is 1. The van der Waals surface area contributed by atoms with E-state index in [1.54, 1.807) is 18.2 Å². The number of rotatable bonds is 2. The Kier molecular flexibility index (Phi) is 3.23. The first-order valence-electron chi connectivity index (χ1n) is 6.00. The van der Waals surface area contributed by atoms with E-state index in [0.29, 0.717) is 10.7 Å². The summed E-state index contributed by atoms with van der Waals surface area (Å²) in [6.07, 6.45) is 0. The van der Waals surface area contributed by atoms with Crippen LogP contribution in [0, 0.1) is 6.92 Å². The largest absolute Gasteiger partial charge is 0.329 e. The Hall–Kier alpha value is -1.85. The summed E-state index contributed by atoms with van der Waals surface area (Å²) >= 11 is 7.54. The van der Waals surface area contributed by atoms with Crippen LogP contribution in [0.25, 0.3) is 0 Å². The summed E-state index contributed by atoms with van der Waals surface area (Å²) in [6, 6.07) is 5.92. The highest BCUT2D eigenvalue weighted by atomic mass is 35.5. The van der Waals surface area contributed by atoms with Gasteiger partial charge in [0.05, 0.1) is 5.69 Å². The van der Waals surface area contributed by atoms with Crippen LogP contribution in [0.3, 0.4) is 0 Å². The van der Waals surface area contributed by atoms with Gasteiger partial charge in [0.25, 0.3) is 5.91 Å². The predicted octanol–water partition coefficient (Wildman–Crippen LogP) is 3.51. The zero-order valence-electron chi connectivity index (χ0n) is 10.6. The molecule has 2 aromatic rings. The van der Waals surface area contributed by atoms with E-state index in [0.717, 1.165) is 16.0 Å². The number of nitrogens with zero attached hydrogens (tertiary/aromatic N) is 1. The minimum Gasteiger partial charge on any atom is -0.321 e. The van der Waals surface area contributed by atoms with Gasteiger partial charge in [0, 0.05) is 5.02 Å². The lowest BCUT2D eigenvalue weighted by Gasteiger charge is -2.13. The lowest BCUT2D eigenvalue weighted by atomic mass is 10.1. The first-order valence-corrected chi connectivity index (χ1v) is 7.32. The first-order chi connectivity index (χ1) is 9.58. The molecule has 20 heavy (non-hydrogen) atoms. The average molecular weight is 307 g/mol. The molecule has 3 rings (SSSR count). The van der Waals surface area contributed by atoms with E-state index in [1.807, 2.05) is 23.8 Å². The fourth-order valence-electron chi connectivity index (χ4n) is 2.11. The summed E-state index contributed by atoms with van der Waals surface area (Å²) < 4.78 is 0. The van der Waals surface area contributed by atoms with Gasteiger partial charge in [0.1, 0.15) is 6.04 Å². The van der Waals surface area contributed by atoms with Crippen LogP contribution in [0.5, 0.6) is 0 Å². The van der Waals surface area contributed by atoms with Crippen molar-refractivity contribution in [2.45, 2.75) is 13.0 Å². The molecular weight excluding hydrogens is 296 g/mol. The molecule has 0 unspecified atom stereocenters. The first kappa shape index (κ1) is 13.1. The number of thiophene rings is 1. The number of carbonyl (C=O) groups excluding carboxylic acids is 2. The summed E-state index contributed by atoms with van der Waals surface area (Å²) in [7, 11) is 0. The molecule has 0 bridgehead atoms. The van der Waals surface area contributed by atoms with E-state index in [-0.39, 0.29) is 5.91 Å². The standard InChI is InChI=1S/C14H11ClN2O2S/c1-8-2-3-10(6-11(8)15)17-13(18)12(16-14(17)19)9-4-5-20-7-9/h2-7,12H,1H3,(H,16,19)/t12-/m1/s1. The van der Waals surface area contributed by atoms with Crippen LogP contribution >= 0.6 is 22.9 Å². The number of imide groups is 1. The number of urea groups is 1. The maximum Gasteiger partial charge on any atom is 0.329 e. The van der Waals surface area contributed by atoms with Crippen molar-refractivity contribution in [3.63, 3.8) is 0 Å². The van der Waals surface area contributed by atoms with Crippen LogP contribution in [0.15, 0.2) is 35.0 Å². The molecule has 0 radical (unpaired) electrons. The SMILES string of the molecule is Cc1ccc(N2C(=O)N[C@H](c3ccsc3)C2=O)cc1Cl. The smallest absolute Gasteiger partial charge is 0.321 e. The van der Waals surface area contributed by atoms with Gasteiger partial charge in [0.15, 0.2) is 0 Å². The molecule has 1 aliphatic rings. The number of amides is 3.